The summed E-state index contributed by atoms with van der Waals surface area (Å²) in [6.07, 6.45) is 1.66. The van der Waals surface area contributed by atoms with Gasteiger partial charge in [-0.1, -0.05) is 0 Å². The van der Waals surface area contributed by atoms with Crippen LogP contribution in [0, 0.1) is 6.92 Å². The van der Waals surface area contributed by atoms with E-state index in [1.54, 1.807) is 6.20 Å². The number of aromatic hydroxyl groups is 3. The summed E-state index contributed by atoms with van der Waals surface area (Å²) in [5, 5.41) is 29.7. The molecule has 0 amide bonds. The Balaban J connectivity index is 2.31. The van der Waals surface area contributed by atoms with Gasteiger partial charge in [0.25, 0.3) is 0 Å². The SMILES string of the molecule is CC(=O)c1c(O)cc(O)c(NNc2ncc(C)s2)c1O. The zero-order valence-corrected chi connectivity index (χ0v) is 11.6. The van der Waals surface area contributed by atoms with Crippen molar-refractivity contribution < 1.29 is 20.1 Å². The molecule has 2 rings (SSSR count). The van der Waals surface area contributed by atoms with E-state index in [0.29, 0.717) is 5.13 Å². The fourth-order valence-electron chi connectivity index (χ4n) is 1.64. The van der Waals surface area contributed by atoms with Gasteiger partial charge in [-0.3, -0.25) is 15.6 Å². The first-order valence-corrected chi connectivity index (χ1v) is 6.45. The minimum absolute atomic E-state index is 0.110. The van der Waals surface area contributed by atoms with Crippen LogP contribution in [0.25, 0.3) is 0 Å². The van der Waals surface area contributed by atoms with Crippen LogP contribution >= 0.6 is 11.3 Å². The number of nitrogens with one attached hydrogen (secondary N) is 2. The number of aromatic nitrogens is 1. The third-order valence-electron chi connectivity index (χ3n) is 2.53. The number of phenolic OH excluding ortho intramolecular Hbond substituents is 3. The minimum atomic E-state index is -0.532. The normalized spacial score (nSPS) is 10.3. The van der Waals surface area contributed by atoms with E-state index in [1.165, 1.54) is 18.3 Å². The van der Waals surface area contributed by atoms with E-state index in [0.717, 1.165) is 10.9 Å². The Kier molecular flexibility index (Phi) is 3.66. The monoisotopic (exact) mass is 295 g/mol. The van der Waals surface area contributed by atoms with Crippen LogP contribution < -0.4 is 10.9 Å². The standard InChI is InChI=1S/C12H13N3O4S/c1-5-4-13-12(20-5)15-14-10-8(18)3-7(17)9(6(2)16)11(10)19/h3-4,14,17-19H,1-2H3,(H,13,15). The topological polar surface area (TPSA) is 115 Å². The summed E-state index contributed by atoms with van der Waals surface area (Å²) in [5.74, 6) is -1.93. The molecule has 2 aromatic rings. The molecule has 0 saturated heterocycles. The van der Waals surface area contributed by atoms with Gasteiger partial charge in [-0.25, -0.2) is 4.98 Å². The van der Waals surface area contributed by atoms with Gasteiger partial charge >= 0.3 is 0 Å². The number of aryl methyl sites for hydroxylation is 1. The van der Waals surface area contributed by atoms with Gasteiger partial charge in [0, 0.05) is 17.1 Å². The van der Waals surface area contributed by atoms with Crippen molar-refractivity contribution in [3.05, 3.63) is 22.7 Å². The van der Waals surface area contributed by atoms with E-state index in [1.807, 2.05) is 6.92 Å². The second-order valence-electron chi connectivity index (χ2n) is 4.10. The molecule has 7 nitrogen and oxygen atoms in total. The highest BCUT2D eigenvalue weighted by Gasteiger charge is 2.20. The number of Topliss-reactive ketones (excluding diaryl/α,β-unsaturated/α-hetero) is 1. The van der Waals surface area contributed by atoms with Crippen LogP contribution in [-0.2, 0) is 0 Å². The first-order valence-electron chi connectivity index (χ1n) is 5.63. The number of thiazole rings is 1. The van der Waals surface area contributed by atoms with E-state index in [4.69, 9.17) is 0 Å². The summed E-state index contributed by atoms with van der Waals surface area (Å²) in [5.41, 5.74) is 4.89. The van der Waals surface area contributed by atoms with Gasteiger partial charge in [0.15, 0.2) is 11.5 Å². The lowest BCUT2D eigenvalue weighted by Crippen LogP contribution is -2.09. The molecule has 20 heavy (non-hydrogen) atoms. The van der Waals surface area contributed by atoms with Crippen molar-refractivity contribution >= 4 is 27.9 Å². The average molecular weight is 295 g/mol. The van der Waals surface area contributed by atoms with E-state index < -0.39 is 23.0 Å². The molecule has 0 radical (unpaired) electrons. The predicted octanol–water partition coefficient (Wildman–Crippen LogP) is 2.21. The summed E-state index contributed by atoms with van der Waals surface area (Å²) in [6, 6.07) is 0.980. The lowest BCUT2D eigenvalue weighted by atomic mass is 10.1. The third-order valence-corrected chi connectivity index (χ3v) is 3.36. The fraction of sp³-hybridized carbons (Fsp3) is 0.167. The van der Waals surface area contributed by atoms with Crippen molar-refractivity contribution in [1.82, 2.24) is 4.98 Å². The van der Waals surface area contributed by atoms with E-state index in [-0.39, 0.29) is 11.3 Å². The number of phenols is 3. The van der Waals surface area contributed by atoms with Crippen molar-refractivity contribution in [3.8, 4) is 17.2 Å². The summed E-state index contributed by atoms with van der Waals surface area (Å²) >= 11 is 1.37. The third kappa shape index (κ3) is 2.59. The van der Waals surface area contributed by atoms with Crippen LogP contribution in [-0.4, -0.2) is 26.1 Å². The Hall–Kier alpha value is -2.48. The lowest BCUT2D eigenvalue weighted by molar-refractivity contribution is 0.101. The molecule has 8 heteroatoms. The molecule has 0 aliphatic rings. The number of carbonyl (C=O) groups excluding carboxylic acids is 1. The summed E-state index contributed by atoms with van der Waals surface area (Å²) < 4.78 is 0. The number of benzene rings is 1. The van der Waals surface area contributed by atoms with Gasteiger partial charge in [-0.15, -0.1) is 11.3 Å². The Morgan fingerprint density at radius 3 is 2.50 bits per heavy atom. The maximum absolute atomic E-state index is 11.4. The first kappa shape index (κ1) is 13.9. The quantitative estimate of drug-likeness (QED) is 0.254. The number of ketones is 1. The number of hydrogen-bond donors (Lipinski definition) is 5. The number of hydrogen-bond acceptors (Lipinski definition) is 8. The highest BCUT2D eigenvalue weighted by Crippen LogP contribution is 2.41. The van der Waals surface area contributed by atoms with Crippen LogP contribution in [0.3, 0.4) is 0 Å². The number of anilines is 2. The summed E-state index contributed by atoms with van der Waals surface area (Å²) in [7, 11) is 0. The maximum atomic E-state index is 11.4. The Morgan fingerprint density at radius 2 is 1.95 bits per heavy atom. The molecular formula is C12H13N3O4S. The molecular weight excluding hydrogens is 282 g/mol. The first-order chi connectivity index (χ1) is 9.40. The number of nitrogens with zero attached hydrogens (tertiary/aromatic N) is 1. The van der Waals surface area contributed by atoms with E-state index in [9.17, 15) is 20.1 Å². The molecule has 1 heterocycles. The van der Waals surface area contributed by atoms with Crippen LogP contribution in [0.2, 0.25) is 0 Å². The number of carbonyl (C=O) groups is 1. The van der Waals surface area contributed by atoms with Gasteiger partial charge in [-0.2, -0.15) is 0 Å². The molecule has 0 unspecified atom stereocenters. The van der Waals surface area contributed by atoms with Crippen LogP contribution in [0.1, 0.15) is 22.2 Å². The van der Waals surface area contributed by atoms with E-state index >= 15 is 0 Å². The second kappa shape index (κ2) is 5.25. The zero-order valence-electron chi connectivity index (χ0n) is 10.8. The molecule has 1 aromatic carbocycles. The van der Waals surface area contributed by atoms with Crippen LogP contribution in [0.15, 0.2) is 12.3 Å². The van der Waals surface area contributed by atoms with Gasteiger partial charge in [0.2, 0.25) is 5.13 Å². The van der Waals surface area contributed by atoms with Crippen LogP contribution in [0.4, 0.5) is 10.8 Å². The van der Waals surface area contributed by atoms with Crippen molar-refractivity contribution in [1.29, 1.82) is 0 Å². The van der Waals surface area contributed by atoms with Crippen LogP contribution in [0.5, 0.6) is 17.2 Å². The molecule has 0 spiro atoms. The lowest BCUT2D eigenvalue weighted by Gasteiger charge is -2.13. The van der Waals surface area contributed by atoms with Gasteiger partial charge in [0.1, 0.15) is 22.7 Å². The summed E-state index contributed by atoms with van der Waals surface area (Å²) in [6.45, 7) is 3.08. The molecule has 0 aliphatic carbocycles. The molecule has 106 valence electrons. The largest absolute Gasteiger partial charge is 0.507 e. The van der Waals surface area contributed by atoms with Gasteiger partial charge in [-0.05, 0) is 13.8 Å². The van der Waals surface area contributed by atoms with E-state index in [2.05, 4.69) is 15.8 Å². The Labute approximate surface area is 118 Å². The van der Waals surface area contributed by atoms with Crippen molar-refractivity contribution in [2.45, 2.75) is 13.8 Å². The fourth-order valence-corrected chi connectivity index (χ4v) is 2.26. The molecule has 0 fully saturated rings. The van der Waals surface area contributed by atoms with Gasteiger partial charge in [0.05, 0.1) is 0 Å². The van der Waals surface area contributed by atoms with Crippen molar-refractivity contribution in [2.24, 2.45) is 0 Å². The molecule has 1 aromatic heterocycles. The highest BCUT2D eigenvalue weighted by atomic mass is 32.1. The molecule has 0 aliphatic heterocycles. The van der Waals surface area contributed by atoms with Gasteiger partial charge < -0.3 is 15.3 Å². The number of hydrazine groups is 1. The predicted molar refractivity (Wildman–Crippen MR) is 75.5 cm³/mol. The Bertz CT molecular complexity index is 669. The Morgan fingerprint density at radius 1 is 1.25 bits per heavy atom. The molecule has 5 N–H and O–H groups in total. The maximum Gasteiger partial charge on any atom is 0.201 e. The average Bonchev–Trinajstić information content (AvgIpc) is 2.73. The molecule has 0 bridgehead atoms. The minimum Gasteiger partial charge on any atom is -0.507 e. The number of rotatable bonds is 4. The zero-order chi connectivity index (χ0) is 14.9. The second-order valence-corrected chi connectivity index (χ2v) is 5.33. The van der Waals surface area contributed by atoms with Crippen molar-refractivity contribution in [3.63, 3.8) is 0 Å². The van der Waals surface area contributed by atoms with Crippen molar-refractivity contribution in [2.75, 3.05) is 10.9 Å². The molecule has 0 saturated carbocycles. The summed E-state index contributed by atoms with van der Waals surface area (Å²) in [4.78, 5) is 16.4. The molecule has 0 atom stereocenters. The highest BCUT2D eigenvalue weighted by molar-refractivity contribution is 7.15. The smallest absolute Gasteiger partial charge is 0.201 e.